The van der Waals surface area contributed by atoms with Gasteiger partial charge in [0, 0.05) is 49.5 Å². The summed E-state index contributed by atoms with van der Waals surface area (Å²) >= 11 is 6.65. The zero-order valence-electron chi connectivity index (χ0n) is 17.9. The summed E-state index contributed by atoms with van der Waals surface area (Å²) in [6, 6.07) is 20.0. The molecule has 4 aromatic rings. The molecule has 1 aliphatic heterocycles. The zero-order chi connectivity index (χ0) is 22.1. The maximum atomic E-state index is 11.3. The summed E-state index contributed by atoms with van der Waals surface area (Å²) in [5, 5.41) is 12.6. The third-order valence-corrected chi connectivity index (χ3v) is 6.50. The third kappa shape index (κ3) is 3.90. The Bertz CT molecular complexity index is 1220. The molecule has 1 N–H and O–H groups in total. The average molecular weight is 445 g/mol. The lowest BCUT2D eigenvalue weighted by Gasteiger charge is -2.40. The predicted molar refractivity (Wildman–Crippen MR) is 129 cm³/mol. The van der Waals surface area contributed by atoms with Crippen molar-refractivity contribution in [3.8, 4) is 5.75 Å². The van der Waals surface area contributed by atoms with Crippen molar-refractivity contribution in [2.24, 2.45) is 0 Å². The number of anilines is 1. The van der Waals surface area contributed by atoms with Crippen molar-refractivity contribution >= 4 is 28.3 Å². The van der Waals surface area contributed by atoms with Crippen LogP contribution in [0, 0.1) is 6.92 Å². The Labute approximate surface area is 192 Å². The molecule has 0 spiro atoms. The van der Waals surface area contributed by atoms with E-state index in [2.05, 4.69) is 51.0 Å². The lowest BCUT2D eigenvalue weighted by Crippen LogP contribution is -2.48. The van der Waals surface area contributed by atoms with E-state index in [4.69, 9.17) is 11.6 Å². The number of rotatable bonds is 4. The molecule has 0 aliphatic carbocycles. The minimum absolute atomic E-state index is 0.120. The molecule has 1 fully saturated rings. The van der Waals surface area contributed by atoms with Gasteiger partial charge in [-0.05, 0) is 42.8 Å². The van der Waals surface area contributed by atoms with Gasteiger partial charge in [0.25, 0.3) is 0 Å². The molecule has 2 aromatic heterocycles. The maximum absolute atomic E-state index is 11.3. The highest BCUT2D eigenvalue weighted by molar-refractivity contribution is 6.35. The van der Waals surface area contributed by atoms with Gasteiger partial charge in [-0.2, -0.15) is 0 Å². The maximum Gasteiger partial charge on any atom is 0.147 e. The molecule has 5 rings (SSSR count). The molecule has 1 aliphatic rings. The van der Waals surface area contributed by atoms with Crippen LogP contribution in [0.15, 0.2) is 73.1 Å². The number of fused-ring (bicyclic) bond motifs is 1. The van der Waals surface area contributed by atoms with Gasteiger partial charge in [-0.15, -0.1) is 0 Å². The minimum Gasteiger partial charge on any atom is -0.505 e. The number of aromatic nitrogens is 2. The number of hydrogen-bond acceptors (Lipinski definition) is 5. The van der Waals surface area contributed by atoms with E-state index in [1.807, 2.05) is 42.6 Å². The van der Waals surface area contributed by atoms with Crippen molar-refractivity contribution in [1.82, 2.24) is 14.9 Å². The summed E-state index contributed by atoms with van der Waals surface area (Å²) in [5.41, 5.74) is 3.66. The number of aromatic hydroxyl groups is 1. The van der Waals surface area contributed by atoms with Gasteiger partial charge >= 0.3 is 0 Å². The highest BCUT2D eigenvalue weighted by atomic mass is 35.5. The first kappa shape index (κ1) is 20.7. The fraction of sp³-hybridized carbons (Fsp3) is 0.231. The highest BCUT2D eigenvalue weighted by Gasteiger charge is 2.30. The van der Waals surface area contributed by atoms with Crippen LogP contribution in [0.1, 0.15) is 22.7 Å². The van der Waals surface area contributed by atoms with Gasteiger partial charge in [-0.1, -0.05) is 47.5 Å². The molecule has 0 saturated carbocycles. The topological polar surface area (TPSA) is 52.5 Å². The smallest absolute Gasteiger partial charge is 0.147 e. The Hall–Kier alpha value is -3.15. The Kier molecular flexibility index (Phi) is 5.68. The Morgan fingerprint density at radius 1 is 0.906 bits per heavy atom. The Morgan fingerprint density at radius 3 is 2.38 bits per heavy atom. The number of aryl methyl sites for hydroxylation is 1. The van der Waals surface area contributed by atoms with Crippen LogP contribution in [-0.2, 0) is 0 Å². The van der Waals surface area contributed by atoms with E-state index in [0.717, 1.165) is 48.5 Å². The van der Waals surface area contributed by atoms with Gasteiger partial charge in [-0.25, -0.2) is 4.98 Å². The van der Waals surface area contributed by atoms with Crippen LogP contribution in [0.5, 0.6) is 5.75 Å². The van der Waals surface area contributed by atoms with Crippen molar-refractivity contribution < 1.29 is 5.11 Å². The quantitative estimate of drug-likeness (QED) is 0.468. The zero-order valence-corrected chi connectivity index (χ0v) is 18.7. The standard InChI is InChI=1S/C26H25ClN4O/c1-18-7-9-19(10-8-18)25(21-17-22(27)20-5-4-12-29-24(20)26(21)32)31-15-13-30(14-16-31)23-6-2-3-11-28-23/h2-12,17,25,32H,13-16H2,1H3/t25-/m0/s1. The molecule has 32 heavy (non-hydrogen) atoms. The third-order valence-electron chi connectivity index (χ3n) is 6.19. The molecule has 5 nitrogen and oxygen atoms in total. The number of hydrogen-bond donors (Lipinski definition) is 1. The van der Waals surface area contributed by atoms with Gasteiger partial charge in [-0.3, -0.25) is 9.88 Å². The van der Waals surface area contributed by atoms with Crippen LogP contribution >= 0.6 is 11.6 Å². The first-order valence-electron chi connectivity index (χ1n) is 10.8. The van der Waals surface area contributed by atoms with E-state index in [-0.39, 0.29) is 11.8 Å². The number of halogens is 1. The summed E-state index contributed by atoms with van der Waals surface area (Å²) in [6.07, 6.45) is 3.52. The summed E-state index contributed by atoms with van der Waals surface area (Å²) in [7, 11) is 0. The van der Waals surface area contributed by atoms with Crippen LogP contribution in [-0.4, -0.2) is 46.2 Å². The van der Waals surface area contributed by atoms with Gasteiger partial charge < -0.3 is 10.0 Å². The second-order valence-corrected chi connectivity index (χ2v) is 8.63. The van der Waals surface area contributed by atoms with Gasteiger partial charge in [0.15, 0.2) is 0 Å². The molecule has 6 heteroatoms. The van der Waals surface area contributed by atoms with Crippen molar-refractivity contribution in [2.45, 2.75) is 13.0 Å². The van der Waals surface area contributed by atoms with Crippen LogP contribution < -0.4 is 4.90 Å². The highest BCUT2D eigenvalue weighted by Crippen LogP contribution is 2.41. The lowest BCUT2D eigenvalue weighted by atomic mass is 9.93. The van der Waals surface area contributed by atoms with Crippen molar-refractivity contribution in [2.75, 3.05) is 31.1 Å². The molecule has 1 saturated heterocycles. The Morgan fingerprint density at radius 2 is 1.66 bits per heavy atom. The second-order valence-electron chi connectivity index (χ2n) is 8.22. The molecule has 0 radical (unpaired) electrons. The number of pyridine rings is 2. The summed E-state index contributed by atoms with van der Waals surface area (Å²) < 4.78 is 0. The predicted octanol–water partition coefficient (Wildman–Crippen LogP) is 5.21. The summed E-state index contributed by atoms with van der Waals surface area (Å²) in [6.45, 7) is 5.48. The normalized spacial score (nSPS) is 15.8. The number of phenols is 1. The molecule has 0 unspecified atom stereocenters. The summed E-state index contributed by atoms with van der Waals surface area (Å²) in [4.78, 5) is 13.6. The van der Waals surface area contributed by atoms with E-state index in [1.54, 1.807) is 6.20 Å². The number of phenolic OH excluding ortho intramolecular Hbond substituents is 1. The molecular weight excluding hydrogens is 420 g/mol. The molecule has 162 valence electrons. The first-order chi connectivity index (χ1) is 15.6. The molecule has 2 aromatic carbocycles. The number of piperazine rings is 1. The van der Waals surface area contributed by atoms with Gasteiger partial charge in [0.2, 0.25) is 0 Å². The molecule has 3 heterocycles. The van der Waals surface area contributed by atoms with Crippen molar-refractivity contribution in [3.05, 3.63) is 94.8 Å². The summed E-state index contributed by atoms with van der Waals surface area (Å²) in [5.74, 6) is 1.20. The fourth-order valence-electron chi connectivity index (χ4n) is 4.50. The van der Waals surface area contributed by atoms with Gasteiger partial charge in [0.05, 0.1) is 11.1 Å². The fourth-order valence-corrected chi connectivity index (χ4v) is 4.77. The minimum atomic E-state index is -0.120. The molecule has 0 amide bonds. The number of nitrogens with zero attached hydrogens (tertiary/aromatic N) is 4. The molecule has 1 atom stereocenters. The molecular formula is C26H25ClN4O. The number of benzene rings is 2. The van der Waals surface area contributed by atoms with E-state index >= 15 is 0 Å². The van der Waals surface area contributed by atoms with Crippen molar-refractivity contribution in [3.63, 3.8) is 0 Å². The second kappa shape index (κ2) is 8.77. The van der Waals surface area contributed by atoms with E-state index < -0.39 is 0 Å². The Balaban J connectivity index is 1.54. The average Bonchev–Trinajstić information content (AvgIpc) is 2.84. The van der Waals surface area contributed by atoms with Crippen LogP contribution in [0.3, 0.4) is 0 Å². The van der Waals surface area contributed by atoms with E-state index in [9.17, 15) is 5.11 Å². The van der Waals surface area contributed by atoms with Crippen molar-refractivity contribution in [1.29, 1.82) is 0 Å². The van der Waals surface area contributed by atoms with E-state index in [0.29, 0.717) is 10.5 Å². The first-order valence-corrected chi connectivity index (χ1v) is 11.2. The SMILES string of the molecule is Cc1ccc([C@@H](c2cc(Cl)c3cccnc3c2O)N2CCN(c3ccccn3)CC2)cc1. The lowest BCUT2D eigenvalue weighted by molar-refractivity contribution is 0.209. The van der Waals surface area contributed by atoms with Gasteiger partial charge in [0.1, 0.15) is 17.1 Å². The molecule has 0 bridgehead atoms. The van der Waals surface area contributed by atoms with Crippen LogP contribution in [0.4, 0.5) is 5.82 Å². The van der Waals surface area contributed by atoms with Crippen LogP contribution in [0.2, 0.25) is 5.02 Å². The largest absolute Gasteiger partial charge is 0.505 e. The monoisotopic (exact) mass is 444 g/mol. The van der Waals surface area contributed by atoms with E-state index in [1.165, 1.54) is 5.56 Å². The van der Waals surface area contributed by atoms with Crippen LogP contribution in [0.25, 0.3) is 10.9 Å².